The van der Waals surface area contributed by atoms with Gasteiger partial charge in [-0.2, -0.15) is 18.5 Å². The van der Waals surface area contributed by atoms with Crippen LogP contribution in [0.5, 0.6) is 0 Å². The first-order chi connectivity index (χ1) is 20.1. The Morgan fingerprint density at radius 2 is 1.83 bits per heavy atom. The van der Waals surface area contributed by atoms with Crippen LogP contribution < -0.4 is 20.0 Å². The van der Waals surface area contributed by atoms with Crippen molar-refractivity contribution in [2.24, 2.45) is 0 Å². The van der Waals surface area contributed by atoms with Gasteiger partial charge >= 0.3 is 6.16 Å². The number of aromatic nitrogens is 3. The number of fused-ring (bicyclic) bond motifs is 1. The summed E-state index contributed by atoms with van der Waals surface area (Å²) in [6, 6.07) is 7.38. The molecule has 6 heterocycles. The molecule has 42 heavy (non-hydrogen) atoms. The molecule has 0 unspecified atom stereocenters. The summed E-state index contributed by atoms with van der Waals surface area (Å²) in [7, 11) is 0. The molecule has 3 fully saturated rings. The Hall–Kier alpha value is -3.36. The highest BCUT2D eigenvalue weighted by Crippen LogP contribution is 2.35. The summed E-state index contributed by atoms with van der Waals surface area (Å²) in [5.41, 5.74) is 1.67. The molecule has 0 bridgehead atoms. The molecule has 6 rings (SSSR count). The number of amides is 1. The zero-order valence-electron chi connectivity index (χ0n) is 23.7. The molecule has 12 nitrogen and oxygen atoms in total. The molecule has 0 aliphatic carbocycles. The lowest BCUT2D eigenvalue weighted by Crippen LogP contribution is -2.36. The summed E-state index contributed by atoms with van der Waals surface area (Å²) in [6.07, 6.45) is 3.10. The molecule has 0 saturated carbocycles. The quantitative estimate of drug-likeness (QED) is 0.388. The number of anilines is 4. The SMILES string of the molecule is CCOC(=O)O[C@H]1CCN(c2cccc(C(=O)Nc3cc4sc(N5CCOCC5)nc4nc3N3CCCCC3)n2)C1.S. The zero-order chi connectivity index (χ0) is 28.2. The van der Waals surface area contributed by atoms with E-state index in [1.54, 1.807) is 24.3 Å². The number of piperidine rings is 1. The molecule has 3 saturated heterocycles. The van der Waals surface area contributed by atoms with Crippen molar-refractivity contribution >= 4 is 69.7 Å². The lowest BCUT2D eigenvalue weighted by atomic mass is 10.1. The minimum absolute atomic E-state index is 0. The average molecular weight is 616 g/mol. The summed E-state index contributed by atoms with van der Waals surface area (Å²) in [5.74, 6) is 1.11. The molecule has 0 spiro atoms. The second kappa shape index (κ2) is 13.7. The van der Waals surface area contributed by atoms with Gasteiger partial charge in [-0.1, -0.05) is 17.4 Å². The van der Waals surface area contributed by atoms with Crippen molar-refractivity contribution in [1.29, 1.82) is 0 Å². The van der Waals surface area contributed by atoms with Crippen LogP contribution in [0.4, 0.5) is 27.2 Å². The fourth-order valence-electron chi connectivity index (χ4n) is 5.40. The molecule has 3 aliphatic heterocycles. The lowest BCUT2D eigenvalue weighted by Gasteiger charge is -2.29. The Kier molecular flexibility index (Phi) is 9.85. The fraction of sp³-hybridized carbons (Fsp3) is 0.536. The molecular formula is C28H37N7O5S2. The third kappa shape index (κ3) is 6.81. The zero-order valence-corrected chi connectivity index (χ0v) is 25.5. The van der Waals surface area contributed by atoms with Gasteiger partial charge in [0.2, 0.25) is 0 Å². The van der Waals surface area contributed by atoms with Crippen molar-refractivity contribution in [2.45, 2.75) is 38.7 Å². The van der Waals surface area contributed by atoms with Crippen molar-refractivity contribution in [2.75, 3.05) is 79.1 Å². The fourth-order valence-corrected chi connectivity index (χ4v) is 6.40. The lowest BCUT2D eigenvalue weighted by molar-refractivity contribution is 0.0332. The van der Waals surface area contributed by atoms with E-state index >= 15 is 0 Å². The van der Waals surface area contributed by atoms with Gasteiger partial charge < -0.3 is 34.2 Å². The van der Waals surface area contributed by atoms with Crippen LogP contribution in [-0.2, 0) is 14.2 Å². The molecule has 0 aromatic carbocycles. The number of carbonyl (C=O) groups excluding carboxylic acids is 2. The third-order valence-electron chi connectivity index (χ3n) is 7.50. The number of rotatable bonds is 7. The van der Waals surface area contributed by atoms with Gasteiger partial charge in [-0.3, -0.25) is 4.79 Å². The Morgan fingerprint density at radius 1 is 1.02 bits per heavy atom. The number of pyridine rings is 2. The third-order valence-corrected chi connectivity index (χ3v) is 8.55. The Bertz CT molecular complexity index is 1390. The Morgan fingerprint density at radius 3 is 2.62 bits per heavy atom. The van der Waals surface area contributed by atoms with Gasteiger partial charge in [-0.25, -0.2) is 14.8 Å². The van der Waals surface area contributed by atoms with Crippen molar-refractivity contribution in [3.8, 4) is 0 Å². The second-order valence-corrected chi connectivity index (χ2v) is 11.3. The van der Waals surface area contributed by atoms with Crippen molar-refractivity contribution < 1.29 is 23.8 Å². The van der Waals surface area contributed by atoms with Gasteiger partial charge in [0.05, 0.1) is 36.8 Å². The van der Waals surface area contributed by atoms with Gasteiger partial charge in [0.15, 0.2) is 16.6 Å². The summed E-state index contributed by atoms with van der Waals surface area (Å²) in [4.78, 5) is 46.2. The van der Waals surface area contributed by atoms with Crippen LogP contribution in [0.1, 0.15) is 43.1 Å². The Labute approximate surface area is 255 Å². The van der Waals surface area contributed by atoms with Crippen molar-refractivity contribution in [3.63, 3.8) is 0 Å². The molecule has 3 aromatic heterocycles. The summed E-state index contributed by atoms with van der Waals surface area (Å²) in [5, 5.41) is 4.03. The number of nitrogens with one attached hydrogen (secondary N) is 1. The molecule has 226 valence electrons. The van der Waals surface area contributed by atoms with E-state index in [1.807, 2.05) is 23.1 Å². The topological polar surface area (TPSA) is 122 Å². The van der Waals surface area contributed by atoms with E-state index in [1.165, 1.54) is 6.42 Å². The van der Waals surface area contributed by atoms with E-state index < -0.39 is 6.16 Å². The molecule has 1 N–H and O–H groups in total. The minimum Gasteiger partial charge on any atom is -0.435 e. The van der Waals surface area contributed by atoms with Crippen molar-refractivity contribution in [3.05, 3.63) is 30.0 Å². The number of hydrogen-bond acceptors (Lipinski definition) is 12. The van der Waals surface area contributed by atoms with Gasteiger partial charge in [-0.15, -0.1) is 0 Å². The largest absolute Gasteiger partial charge is 0.508 e. The first kappa shape index (κ1) is 30.1. The highest BCUT2D eigenvalue weighted by molar-refractivity contribution is 7.59. The maximum Gasteiger partial charge on any atom is 0.508 e. The number of ether oxygens (including phenoxy) is 3. The van der Waals surface area contributed by atoms with Crippen LogP contribution in [0, 0.1) is 0 Å². The first-order valence-corrected chi connectivity index (χ1v) is 15.1. The maximum absolute atomic E-state index is 13.5. The normalized spacial score (nSPS) is 19.0. The number of thiazole rings is 1. The molecule has 1 atom stereocenters. The van der Waals surface area contributed by atoms with Gasteiger partial charge in [0.25, 0.3) is 5.91 Å². The van der Waals surface area contributed by atoms with E-state index in [2.05, 4.69) is 20.1 Å². The van der Waals surface area contributed by atoms with Gasteiger partial charge in [0.1, 0.15) is 17.6 Å². The van der Waals surface area contributed by atoms with Gasteiger partial charge in [-0.05, 0) is 44.4 Å². The standard InChI is InChI=1S/C28H35N7O5S.H2S/c1-2-39-28(37)40-19-9-12-35(18-19)23-8-6-7-20(29-23)26(36)30-21-17-22-24(31-25(21)33-10-4-3-5-11-33)32-27(41-22)34-13-15-38-16-14-34;/h6-8,17,19H,2-5,9-16,18H2,1H3,(H,30,36);1H2/t19-;/m0./s1. The molecule has 3 aromatic rings. The predicted molar refractivity (Wildman–Crippen MR) is 168 cm³/mol. The molecule has 14 heteroatoms. The Balaban J connectivity index is 0.00000353. The number of hydrogen-bond donors (Lipinski definition) is 1. The van der Waals surface area contributed by atoms with Crippen LogP contribution in [0.3, 0.4) is 0 Å². The van der Waals surface area contributed by atoms with E-state index in [0.29, 0.717) is 55.6 Å². The van der Waals surface area contributed by atoms with Crippen LogP contribution in [0.2, 0.25) is 0 Å². The highest BCUT2D eigenvalue weighted by atomic mass is 32.1. The number of carbonyl (C=O) groups is 2. The second-order valence-electron chi connectivity index (χ2n) is 10.3. The number of morpholine rings is 1. The van der Waals surface area contributed by atoms with Crippen LogP contribution in [0.25, 0.3) is 10.3 Å². The van der Waals surface area contributed by atoms with Crippen LogP contribution >= 0.6 is 24.8 Å². The van der Waals surface area contributed by atoms with Crippen LogP contribution in [0.15, 0.2) is 24.3 Å². The summed E-state index contributed by atoms with van der Waals surface area (Å²) >= 11 is 1.58. The number of nitrogens with zero attached hydrogens (tertiary/aromatic N) is 6. The van der Waals surface area contributed by atoms with E-state index in [9.17, 15) is 9.59 Å². The van der Waals surface area contributed by atoms with E-state index in [4.69, 9.17) is 24.2 Å². The minimum atomic E-state index is -0.659. The monoisotopic (exact) mass is 615 g/mol. The highest BCUT2D eigenvalue weighted by Gasteiger charge is 2.28. The molecule has 3 aliphatic rings. The summed E-state index contributed by atoms with van der Waals surface area (Å²) < 4.78 is 16.7. The smallest absolute Gasteiger partial charge is 0.435 e. The van der Waals surface area contributed by atoms with Gasteiger partial charge in [0, 0.05) is 39.1 Å². The maximum atomic E-state index is 13.5. The first-order valence-electron chi connectivity index (χ1n) is 14.3. The van der Waals surface area contributed by atoms with E-state index in [0.717, 1.165) is 54.7 Å². The van der Waals surface area contributed by atoms with Crippen LogP contribution in [-0.4, -0.2) is 92.2 Å². The predicted octanol–water partition coefficient (Wildman–Crippen LogP) is 4.03. The molecular weight excluding hydrogens is 578 g/mol. The molecule has 1 amide bonds. The molecule has 0 radical (unpaired) electrons. The summed E-state index contributed by atoms with van der Waals surface area (Å²) in [6.45, 7) is 7.93. The van der Waals surface area contributed by atoms with Crippen molar-refractivity contribution in [1.82, 2.24) is 15.0 Å². The van der Waals surface area contributed by atoms with E-state index in [-0.39, 0.29) is 32.1 Å². The average Bonchev–Trinajstić information content (AvgIpc) is 3.65.